The molecule has 0 amide bonds. The molecule has 1 aromatic heterocycles. The van der Waals surface area contributed by atoms with Crippen molar-refractivity contribution in [1.82, 2.24) is 9.55 Å². The van der Waals surface area contributed by atoms with Crippen molar-refractivity contribution < 1.29 is 4.74 Å². The van der Waals surface area contributed by atoms with E-state index in [0.29, 0.717) is 11.8 Å². The van der Waals surface area contributed by atoms with Gasteiger partial charge in [-0.05, 0) is 50.2 Å². The van der Waals surface area contributed by atoms with Crippen LogP contribution in [0.5, 0.6) is 5.75 Å². The Hall–Kier alpha value is -1.71. The number of fused-ring (bicyclic) bond motifs is 5. The van der Waals surface area contributed by atoms with Crippen LogP contribution >= 0.6 is 0 Å². The van der Waals surface area contributed by atoms with Gasteiger partial charge in [0.25, 0.3) is 0 Å². The Bertz CT molecular complexity index is 762. The third-order valence-electron chi connectivity index (χ3n) is 5.86. The van der Waals surface area contributed by atoms with Gasteiger partial charge in [0.05, 0.1) is 17.1 Å². The second kappa shape index (κ2) is 4.64. The molecule has 0 fully saturated rings. The lowest BCUT2D eigenvalue weighted by Crippen LogP contribution is -2.32. The molecule has 4 heteroatoms. The number of hydrogen-bond donors (Lipinski definition) is 1. The van der Waals surface area contributed by atoms with E-state index in [2.05, 4.69) is 44.5 Å². The predicted molar refractivity (Wildman–Crippen MR) is 90.0 cm³/mol. The van der Waals surface area contributed by atoms with Crippen molar-refractivity contribution >= 4 is 17.0 Å². The van der Waals surface area contributed by atoms with Crippen LogP contribution in [-0.4, -0.2) is 22.2 Å². The third kappa shape index (κ3) is 1.67. The quantitative estimate of drug-likeness (QED) is 0.799. The van der Waals surface area contributed by atoms with Gasteiger partial charge in [0, 0.05) is 18.7 Å². The number of rotatable bonds is 0. The average molecular weight is 299 g/mol. The van der Waals surface area contributed by atoms with Crippen molar-refractivity contribution in [3.63, 3.8) is 0 Å². The summed E-state index contributed by atoms with van der Waals surface area (Å²) in [5, 5.41) is 3.45. The molecule has 0 radical (unpaired) electrons. The first-order valence-electron chi connectivity index (χ1n) is 8.44. The molecule has 0 saturated carbocycles. The number of ether oxygens (including phenoxy) is 1. The SMILES string of the molecule is Cc1c2c(c3c(nc4n3CCCN4)c1C)C(C)C(C)C(C)O2. The number of anilines is 1. The van der Waals surface area contributed by atoms with Crippen molar-refractivity contribution in [3.05, 3.63) is 16.7 Å². The van der Waals surface area contributed by atoms with Crippen LogP contribution in [-0.2, 0) is 6.54 Å². The molecule has 118 valence electrons. The van der Waals surface area contributed by atoms with Crippen LogP contribution in [0, 0.1) is 19.8 Å². The molecule has 22 heavy (non-hydrogen) atoms. The Morgan fingerprint density at radius 2 is 1.95 bits per heavy atom. The summed E-state index contributed by atoms with van der Waals surface area (Å²) in [4.78, 5) is 4.90. The van der Waals surface area contributed by atoms with Gasteiger partial charge in [-0.15, -0.1) is 0 Å². The van der Waals surface area contributed by atoms with Gasteiger partial charge in [0.15, 0.2) is 0 Å². The molecule has 2 aliphatic rings. The van der Waals surface area contributed by atoms with E-state index < -0.39 is 0 Å². The summed E-state index contributed by atoms with van der Waals surface area (Å²) in [6.07, 6.45) is 1.42. The molecule has 3 heterocycles. The van der Waals surface area contributed by atoms with Crippen LogP contribution in [0.2, 0.25) is 0 Å². The minimum absolute atomic E-state index is 0.264. The Balaban J connectivity index is 2.11. The highest BCUT2D eigenvalue weighted by Gasteiger charge is 2.35. The summed E-state index contributed by atoms with van der Waals surface area (Å²) in [6, 6.07) is 0. The molecule has 4 nitrogen and oxygen atoms in total. The van der Waals surface area contributed by atoms with E-state index in [9.17, 15) is 0 Å². The molecule has 0 saturated heterocycles. The lowest BCUT2D eigenvalue weighted by molar-refractivity contribution is 0.122. The van der Waals surface area contributed by atoms with Crippen LogP contribution < -0.4 is 10.1 Å². The van der Waals surface area contributed by atoms with E-state index in [4.69, 9.17) is 9.72 Å². The van der Waals surface area contributed by atoms with Crippen LogP contribution in [0.15, 0.2) is 0 Å². The van der Waals surface area contributed by atoms with Crippen LogP contribution in [0.25, 0.3) is 11.0 Å². The number of aryl methyl sites for hydroxylation is 2. The molecule has 3 unspecified atom stereocenters. The summed E-state index contributed by atoms with van der Waals surface area (Å²) in [6.45, 7) is 13.2. The maximum atomic E-state index is 6.33. The zero-order chi connectivity index (χ0) is 15.6. The second-order valence-corrected chi connectivity index (χ2v) is 7.03. The average Bonchev–Trinajstić information content (AvgIpc) is 2.90. The second-order valence-electron chi connectivity index (χ2n) is 7.03. The van der Waals surface area contributed by atoms with Gasteiger partial charge in [-0.3, -0.25) is 0 Å². The van der Waals surface area contributed by atoms with E-state index in [1.165, 1.54) is 22.2 Å². The highest BCUT2D eigenvalue weighted by atomic mass is 16.5. The molecule has 0 bridgehead atoms. The summed E-state index contributed by atoms with van der Waals surface area (Å²) >= 11 is 0. The maximum absolute atomic E-state index is 6.33. The van der Waals surface area contributed by atoms with Crippen LogP contribution in [0.4, 0.5) is 5.95 Å². The first-order chi connectivity index (χ1) is 10.5. The fourth-order valence-corrected chi connectivity index (χ4v) is 3.97. The Labute approximate surface area is 131 Å². The van der Waals surface area contributed by atoms with Gasteiger partial charge >= 0.3 is 0 Å². The molecule has 1 aromatic carbocycles. The van der Waals surface area contributed by atoms with Gasteiger partial charge in [-0.1, -0.05) is 13.8 Å². The zero-order valence-electron chi connectivity index (χ0n) is 14.2. The largest absolute Gasteiger partial charge is 0.490 e. The van der Waals surface area contributed by atoms with Crippen molar-refractivity contribution in [1.29, 1.82) is 0 Å². The standard InChI is InChI=1S/C18H25N3O/c1-9-10(2)14-16-15(20-18-19-7-6-8-21(16)18)11(3)12(4)17(14)22-13(9)5/h9-10,13H,6-8H2,1-5H3,(H,19,20). The maximum Gasteiger partial charge on any atom is 0.203 e. The van der Waals surface area contributed by atoms with Gasteiger partial charge in [-0.25, -0.2) is 4.98 Å². The van der Waals surface area contributed by atoms with Crippen molar-refractivity contribution in [2.45, 2.75) is 59.6 Å². The first-order valence-corrected chi connectivity index (χ1v) is 8.44. The van der Waals surface area contributed by atoms with Crippen molar-refractivity contribution in [2.24, 2.45) is 5.92 Å². The lowest BCUT2D eigenvalue weighted by atomic mass is 9.80. The van der Waals surface area contributed by atoms with E-state index >= 15 is 0 Å². The number of aromatic nitrogens is 2. The Kier molecular flexibility index (Phi) is 2.94. The lowest BCUT2D eigenvalue weighted by Gasteiger charge is -2.36. The number of benzene rings is 1. The van der Waals surface area contributed by atoms with Crippen molar-refractivity contribution in [2.75, 3.05) is 11.9 Å². The van der Waals surface area contributed by atoms with E-state index in [1.807, 2.05) is 0 Å². The molecule has 3 atom stereocenters. The molecule has 0 aliphatic carbocycles. The molecule has 1 N–H and O–H groups in total. The fourth-order valence-electron chi connectivity index (χ4n) is 3.97. The van der Waals surface area contributed by atoms with Crippen LogP contribution in [0.1, 0.15) is 49.8 Å². The highest BCUT2D eigenvalue weighted by Crippen LogP contribution is 2.47. The molecular weight excluding hydrogens is 274 g/mol. The monoisotopic (exact) mass is 299 g/mol. The number of nitrogens with zero attached hydrogens (tertiary/aromatic N) is 2. The fraction of sp³-hybridized carbons (Fsp3) is 0.611. The summed E-state index contributed by atoms with van der Waals surface area (Å²) in [5.41, 5.74) is 6.32. The highest BCUT2D eigenvalue weighted by molar-refractivity contribution is 5.90. The van der Waals surface area contributed by atoms with E-state index in [0.717, 1.165) is 36.7 Å². The Morgan fingerprint density at radius 1 is 1.18 bits per heavy atom. The number of nitrogens with one attached hydrogen (secondary N) is 1. The smallest absolute Gasteiger partial charge is 0.203 e. The minimum atomic E-state index is 0.264. The summed E-state index contributed by atoms with van der Waals surface area (Å²) < 4.78 is 8.70. The zero-order valence-corrected chi connectivity index (χ0v) is 14.2. The van der Waals surface area contributed by atoms with Crippen molar-refractivity contribution in [3.8, 4) is 5.75 Å². The van der Waals surface area contributed by atoms with E-state index in [-0.39, 0.29) is 6.10 Å². The van der Waals surface area contributed by atoms with Gasteiger partial charge in [0.2, 0.25) is 5.95 Å². The van der Waals surface area contributed by atoms with Crippen LogP contribution in [0.3, 0.4) is 0 Å². The topological polar surface area (TPSA) is 39.1 Å². The summed E-state index contributed by atoms with van der Waals surface area (Å²) in [5.74, 6) is 3.13. The normalized spacial score (nSPS) is 27.0. The molecular formula is C18H25N3O. The molecule has 2 aliphatic heterocycles. The number of imidazole rings is 1. The third-order valence-corrected chi connectivity index (χ3v) is 5.86. The van der Waals surface area contributed by atoms with E-state index in [1.54, 1.807) is 0 Å². The van der Waals surface area contributed by atoms with Gasteiger partial charge in [-0.2, -0.15) is 0 Å². The molecule has 4 rings (SSSR count). The number of hydrogen-bond acceptors (Lipinski definition) is 3. The molecule has 0 spiro atoms. The minimum Gasteiger partial charge on any atom is -0.490 e. The first kappa shape index (κ1) is 13.9. The summed E-state index contributed by atoms with van der Waals surface area (Å²) in [7, 11) is 0. The predicted octanol–water partition coefficient (Wildman–Crippen LogP) is 3.99. The van der Waals surface area contributed by atoms with Gasteiger partial charge in [0.1, 0.15) is 5.75 Å². The van der Waals surface area contributed by atoms with Gasteiger partial charge < -0.3 is 14.6 Å². The Morgan fingerprint density at radius 3 is 2.73 bits per heavy atom. The molecule has 2 aromatic rings.